The first kappa shape index (κ1) is 15.0. The molecular formula is C13H25N3O2. The van der Waals surface area contributed by atoms with Crippen molar-refractivity contribution in [3.8, 4) is 0 Å². The molecule has 2 atom stereocenters. The van der Waals surface area contributed by atoms with Gasteiger partial charge in [-0.3, -0.25) is 9.59 Å². The summed E-state index contributed by atoms with van der Waals surface area (Å²) in [6.07, 6.45) is 0. The Balaban J connectivity index is 2.51. The molecule has 1 rings (SSSR count). The molecule has 104 valence electrons. The van der Waals surface area contributed by atoms with Crippen LogP contribution in [0.3, 0.4) is 0 Å². The molecule has 0 aliphatic carbocycles. The molecule has 0 aromatic carbocycles. The maximum absolute atomic E-state index is 12.2. The van der Waals surface area contributed by atoms with Crippen molar-refractivity contribution in [3.63, 3.8) is 0 Å². The number of carbonyl (C=O) groups is 2. The van der Waals surface area contributed by atoms with Gasteiger partial charge in [0.15, 0.2) is 0 Å². The van der Waals surface area contributed by atoms with E-state index in [9.17, 15) is 9.59 Å². The number of likely N-dealkylation sites (N-methyl/N-ethyl adjacent to an activating group) is 2. The molecule has 1 N–H and O–H groups in total. The first-order valence-electron chi connectivity index (χ1n) is 6.74. The van der Waals surface area contributed by atoms with Gasteiger partial charge < -0.3 is 15.1 Å². The van der Waals surface area contributed by atoms with Crippen LogP contribution in [0.4, 0.5) is 0 Å². The van der Waals surface area contributed by atoms with Gasteiger partial charge in [-0.25, -0.2) is 0 Å². The summed E-state index contributed by atoms with van der Waals surface area (Å²) in [7, 11) is 1.72. The molecule has 1 heterocycles. The highest BCUT2D eigenvalue weighted by atomic mass is 16.2. The fraction of sp³-hybridized carbons (Fsp3) is 0.846. The fourth-order valence-corrected chi connectivity index (χ4v) is 2.38. The van der Waals surface area contributed by atoms with Crippen LogP contribution in [-0.4, -0.2) is 61.4 Å². The summed E-state index contributed by atoms with van der Waals surface area (Å²) >= 11 is 0. The van der Waals surface area contributed by atoms with Gasteiger partial charge in [-0.15, -0.1) is 0 Å². The number of hydrogen-bond donors (Lipinski definition) is 1. The highest BCUT2D eigenvalue weighted by molar-refractivity contribution is 5.86. The van der Waals surface area contributed by atoms with Crippen molar-refractivity contribution in [2.75, 3.05) is 39.8 Å². The molecule has 5 nitrogen and oxygen atoms in total. The minimum atomic E-state index is 0.0134. The second-order valence-electron chi connectivity index (χ2n) is 5.00. The van der Waals surface area contributed by atoms with Crippen LogP contribution in [0.2, 0.25) is 0 Å². The van der Waals surface area contributed by atoms with E-state index < -0.39 is 0 Å². The van der Waals surface area contributed by atoms with Gasteiger partial charge in [-0.05, 0) is 26.3 Å². The molecular weight excluding hydrogens is 230 g/mol. The summed E-state index contributed by atoms with van der Waals surface area (Å²) in [5, 5.41) is 3.21. The van der Waals surface area contributed by atoms with Crippen molar-refractivity contribution in [2.24, 2.45) is 11.8 Å². The fourth-order valence-electron chi connectivity index (χ4n) is 2.38. The molecule has 0 saturated carbocycles. The lowest BCUT2D eigenvalue weighted by Crippen LogP contribution is -2.44. The number of nitrogens with one attached hydrogen (secondary N) is 1. The van der Waals surface area contributed by atoms with Crippen LogP contribution in [-0.2, 0) is 9.59 Å². The molecule has 1 aliphatic rings. The Morgan fingerprint density at radius 3 is 2.28 bits per heavy atom. The Morgan fingerprint density at radius 1 is 1.22 bits per heavy atom. The van der Waals surface area contributed by atoms with Gasteiger partial charge in [-0.2, -0.15) is 0 Å². The number of carbonyl (C=O) groups excluding carboxylic acids is 2. The number of nitrogens with zero attached hydrogens (tertiary/aromatic N) is 2. The van der Waals surface area contributed by atoms with Crippen LogP contribution in [0, 0.1) is 11.8 Å². The predicted molar refractivity (Wildman–Crippen MR) is 71.1 cm³/mol. The average molecular weight is 255 g/mol. The quantitative estimate of drug-likeness (QED) is 0.762. The zero-order valence-corrected chi connectivity index (χ0v) is 11.9. The molecule has 1 fully saturated rings. The first-order chi connectivity index (χ1) is 8.51. The van der Waals surface area contributed by atoms with Crippen LogP contribution in [0.5, 0.6) is 0 Å². The van der Waals surface area contributed by atoms with Crippen molar-refractivity contribution >= 4 is 11.8 Å². The zero-order valence-electron chi connectivity index (χ0n) is 11.9. The molecule has 0 bridgehead atoms. The van der Waals surface area contributed by atoms with Gasteiger partial charge in [0, 0.05) is 26.7 Å². The van der Waals surface area contributed by atoms with E-state index in [1.165, 1.54) is 0 Å². The van der Waals surface area contributed by atoms with Gasteiger partial charge in [0.1, 0.15) is 0 Å². The minimum Gasteiger partial charge on any atom is -0.342 e. The summed E-state index contributed by atoms with van der Waals surface area (Å²) in [5.74, 6) is 0.463. The summed E-state index contributed by atoms with van der Waals surface area (Å²) in [6.45, 7) is 9.15. The molecule has 0 radical (unpaired) electrons. The van der Waals surface area contributed by atoms with E-state index in [-0.39, 0.29) is 24.3 Å². The number of amides is 2. The Bertz CT molecular complexity index is 303. The van der Waals surface area contributed by atoms with Crippen LogP contribution in [0.1, 0.15) is 20.8 Å². The standard InChI is InChI=1S/C13H25N3O2/c1-5-16(6-2)12(17)9-15(4)13(18)11-8-14-7-10(11)3/h10-11,14H,5-9H2,1-4H3/t10-,11-/m1/s1. The Hall–Kier alpha value is -1.10. The summed E-state index contributed by atoms with van der Waals surface area (Å²) in [5.41, 5.74) is 0. The van der Waals surface area contributed by atoms with E-state index in [4.69, 9.17) is 0 Å². The Labute approximate surface area is 110 Å². The molecule has 0 aromatic heterocycles. The lowest BCUT2D eigenvalue weighted by Gasteiger charge is -2.26. The molecule has 1 aliphatic heterocycles. The van der Waals surface area contributed by atoms with E-state index in [2.05, 4.69) is 12.2 Å². The lowest BCUT2D eigenvalue weighted by molar-refractivity contribution is -0.141. The third-order valence-corrected chi connectivity index (χ3v) is 3.70. The highest BCUT2D eigenvalue weighted by Crippen LogP contribution is 2.17. The van der Waals surface area contributed by atoms with Crippen LogP contribution in [0.15, 0.2) is 0 Å². The van der Waals surface area contributed by atoms with E-state index in [0.29, 0.717) is 19.0 Å². The monoisotopic (exact) mass is 255 g/mol. The molecule has 0 spiro atoms. The Morgan fingerprint density at radius 2 is 1.83 bits per heavy atom. The van der Waals surface area contributed by atoms with Gasteiger partial charge in [0.05, 0.1) is 12.5 Å². The van der Waals surface area contributed by atoms with Gasteiger partial charge in [0.25, 0.3) is 0 Å². The molecule has 0 unspecified atom stereocenters. The molecule has 1 saturated heterocycles. The summed E-state index contributed by atoms with van der Waals surface area (Å²) in [4.78, 5) is 27.5. The van der Waals surface area contributed by atoms with Crippen molar-refractivity contribution in [2.45, 2.75) is 20.8 Å². The third kappa shape index (κ3) is 3.45. The predicted octanol–water partition coefficient (Wildman–Crippen LogP) is 0.169. The van der Waals surface area contributed by atoms with E-state index >= 15 is 0 Å². The third-order valence-electron chi connectivity index (χ3n) is 3.70. The van der Waals surface area contributed by atoms with E-state index in [0.717, 1.165) is 13.1 Å². The highest BCUT2D eigenvalue weighted by Gasteiger charge is 2.32. The smallest absolute Gasteiger partial charge is 0.242 e. The molecule has 2 amide bonds. The second kappa shape index (κ2) is 6.73. The lowest BCUT2D eigenvalue weighted by atomic mass is 9.97. The summed E-state index contributed by atoms with van der Waals surface area (Å²) in [6, 6.07) is 0. The molecule has 18 heavy (non-hydrogen) atoms. The zero-order chi connectivity index (χ0) is 13.7. The first-order valence-corrected chi connectivity index (χ1v) is 6.74. The topological polar surface area (TPSA) is 52.7 Å². The van der Waals surface area contributed by atoms with Crippen LogP contribution < -0.4 is 5.32 Å². The summed E-state index contributed by atoms with van der Waals surface area (Å²) < 4.78 is 0. The van der Waals surface area contributed by atoms with E-state index in [1.807, 2.05) is 13.8 Å². The van der Waals surface area contributed by atoms with Crippen molar-refractivity contribution in [1.82, 2.24) is 15.1 Å². The van der Waals surface area contributed by atoms with Crippen LogP contribution in [0.25, 0.3) is 0 Å². The van der Waals surface area contributed by atoms with Crippen molar-refractivity contribution in [1.29, 1.82) is 0 Å². The molecule has 5 heteroatoms. The number of hydrogen-bond acceptors (Lipinski definition) is 3. The van der Waals surface area contributed by atoms with Gasteiger partial charge in [0.2, 0.25) is 11.8 Å². The second-order valence-corrected chi connectivity index (χ2v) is 5.00. The van der Waals surface area contributed by atoms with Gasteiger partial charge in [-0.1, -0.05) is 6.92 Å². The van der Waals surface area contributed by atoms with Crippen molar-refractivity contribution < 1.29 is 9.59 Å². The Kier molecular flexibility index (Phi) is 5.59. The average Bonchev–Trinajstić information content (AvgIpc) is 2.76. The number of rotatable bonds is 5. The van der Waals surface area contributed by atoms with E-state index in [1.54, 1.807) is 16.8 Å². The normalized spacial score (nSPS) is 22.9. The maximum Gasteiger partial charge on any atom is 0.242 e. The molecule has 0 aromatic rings. The van der Waals surface area contributed by atoms with Crippen LogP contribution >= 0.6 is 0 Å². The minimum absolute atomic E-state index is 0.0134. The maximum atomic E-state index is 12.2. The van der Waals surface area contributed by atoms with Crippen molar-refractivity contribution in [3.05, 3.63) is 0 Å². The largest absolute Gasteiger partial charge is 0.342 e. The van der Waals surface area contributed by atoms with Gasteiger partial charge >= 0.3 is 0 Å². The SMILES string of the molecule is CCN(CC)C(=O)CN(C)C(=O)[C@@H]1CNC[C@H]1C.